The first-order valence-electron chi connectivity index (χ1n) is 5.33. The number of fused-ring (bicyclic) bond motifs is 1. The van der Waals surface area contributed by atoms with E-state index >= 15 is 0 Å². The van der Waals surface area contributed by atoms with E-state index in [9.17, 15) is 4.79 Å². The zero-order valence-corrected chi connectivity index (χ0v) is 8.99. The Labute approximate surface area is 95.6 Å². The van der Waals surface area contributed by atoms with Crippen LogP contribution >= 0.6 is 0 Å². The quantitative estimate of drug-likeness (QED) is 0.739. The Morgan fingerprint density at radius 3 is 3.00 bits per heavy atom. The van der Waals surface area contributed by atoms with Gasteiger partial charge in [0.15, 0.2) is 0 Å². The molecule has 0 aliphatic heterocycles. The van der Waals surface area contributed by atoms with Gasteiger partial charge in [0.1, 0.15) is 0 Å². The summed E-state index contributed by atoms with van der Waals surface area (Å²) in [6, 6.07) is 8.13. The number of carbonyl (C=O) groups is 1. The normalized spacial score (nSPS) is 10.5. The number of carbonyl (C=O) groups excluding carboxylic acids is 1. The molecule has 0 aliphatic rings. The predicted octanol–water partition coefficient (Wildman–Crippen LogP) is 1.41. The molecule has 1 aromatic heterocycles. The summed E-state index contributed by atoms with van der Waals surface area (Å²) < 4.78 is 0. The lowest BCUT2D eigenvalue weighted by atomic mass is 10.0. The second-order valence-corrected chi connectivity index (χ2v) is 3.66. The summed E-state index contributed by atoms with van der Waals surface area (Å²) in [6.07, 6.45) is 2.85. The van der Waals surface area contributed by atoms with E-state index in [0.29, 0.717) is 6.54 Å². The molecule has 0 saturated heterocycles. The summed E-state index contributed by atoms with van der Waals surface area (Å²) >= 11 is 0. The van der Waals surface area contributed by atoms with Crippen LogP contribution in [0.15, 0.2) is 30.5 Å². The molecule has 2 aromatic rings. The van der Waals surface area contributed by atoms with E-state index in [1.54, 1.807) is 0 Å². The number of rotatable bonds is 4. The number of nitrogens with one attached hydrogen (secondary N) is 2. The molecule has 4 heteroatoms. The molecule has 1 aromatic carbocycles. The van der Waals surface area contributed by atoms with Crippen LogP contribution in [0.1, 0.15) is 5.56 Å². The van der Waals surface area contributed by atoms with Gasteiger partial charge in [-0.3, -0.25) is 4.79 Å². The van der Waals surface area contributed by atoms with Crippen molar-refractivity contribution in [3.8, 4) is 0 Å². The van der Waals surface area contributed by atoms with Gasteiger partial charge in [0, 0.05) is 23.6 Å². The highest BCUT2D eigenvalue weighted by molar-refractivity contribution is 6.19. The maximum atomic E-state index is 11.0. The highest BCUT2D eigenvalue weighted by atomic mass is 16.1. The number of H-pyrrole nitrogens is 1. The first kappa shape index (κ1) is 10.8. The number of para-hydroxylation sites is 1. The van der Waals surface area contributed by atoms with Crippen molar-refractivity contribution in [1.82, 2.24) is 10.3 Å². The molecule has 2 radical (unpaired) electrons. The molecule has 0 fully saturated rings. The van der Waals surface area contributed by atoms with Gasteiger partial charge in [0.2, 0.25) is 5.91 Å². The Morgan fingerprint density at radius 2 is 2.19 bits per heavy atom. The molecular weight excluding hydrogens is 199 g/mol. The van der Waals surface area contributed by atoms with Crippen LogP contribution in [0.5, 0.6) is 0 Å². The fourth-order valence-corrected chi connectivity index (χ4v) is 1.75. The van der Waals surface area contributed by atoms with Gasteiger partial charge in [-0.15, -0.1) is 0 Å². The van der Waals surface area contributed by atoms with Gasteiger partial charge in [0.25, 0.3) is 0 Å². The Balaban J connectivity index is 2.02. The fraction of sp³-hybridized carbons (Fsp3) is 0.250. The minimum absolute atomic E-state index is 0.0495. The fourth-order valence-electron chi connectivity index (χ4n) is 1.75. The van der Waals surface area contributed by atoms with Crippen molar-refractivity contribution >= 4 is 24.7 Å². The first-order valence-corrected chi connectivity index (χ1v) is 5.33. The molecule has 80 valence electrons. The van der Waals surface area contributed by atoms with Crippen molar-refractivity contribution < 1.29 is 4.79 Å². The number of amides is 1. The van der Waals surface area contributed by atoms with Crippen molar-refractivity contribution in [1.29, 1.82) is 0 Å². The molecule has 0 atom stereocenters. The van der Waals surface area contributed by atoms with Crippen LogP contribution < -0.4 is 5.32 Å². The lowest BCUT2D eigenvalue weighted by Crippen LogP contribution is -2.24. The summed E-state index contributed by atoms with van der Waals surface area (Å²) in [6.45, 7) is 0.623. The molecule has 2 rings (SSSR count). The van der Waals surface area contributed by atoms with E-state index in [1.807, 2.05) is 24.4 Å². The predicted molar refractivity (Wildman–Crippen MR) is 65.6 cm³/mol. The second-order valence-electron chi connectivity index (χ2n) is 3.66. The Kier molecular flexibility index (Phi) is 3.29. The summed E-state index contributed by atoms with van der Waals surface area (Å²) in [4.78, 5) is 14.2. The van der Waals surface area contributed by atoms with Crippen molar-refractivity contribution in [3.63, 3.8) is 0 Å². The average molecular weight is 212 g/mol. The molecule has 0 unspecified atom stereocenters. The third-order valence-electron chi connectivity index (χ3n) is 2.58. The van der Waals surface area contributed by atoms with E-state index in [-0.39, 0.29) is 12.2 Å². The summed E-state index contributed by atoms with van der Waals surface area (Å²) in [5.41, 5.74) is 2.34. The Bertz CT molecular complexity index is 492. The van der Waals surface area contributed by atoms with E-state index < -0.39 is 0 Å². The van der Waals surface area contributed by atoms with Crippen LogP contribution in [0.2, 0.25) is 6.32 Å². The van der Waals surface area contributed by atoms with E-state index in [1.165, 1.54) is 10.9 Å². The third kappa shape index (κ3) is 2.27. The van der Waals surface area contributed by atoms with Crippen molar-refractivity contribution in [3.05, 3.63) is 36.0 Å². The molecule has 1 amide bonds. The topological polar surface area (TPSA) is 44.9 Å². The highest BCUT2D eigenvalue weighted by Crippen LogP contribution is 2.17. The van der Waals surface area contributed by atoms with Crippen LogP contribution in [0.3, 0.4) is 0 Å². The van der Waals surface area contributed by atoms with E-state index in [4.69, 9.17) is 7.85 Å². The van der Waals surface area contributed by atoms with Gasteiger partial charge >= 0.3 is 0 Å². The monoisotopic (exact) mass is 212 g/mol. The Morgan fingerprint density at radius 1 is 1.38 bits per heavy atom. The van der Waals surface area contributed by atoms with Gasteiger partial charge in [0.05, 0.1) is 7.85 Å². The molecule has 3 nitrogen and oxygen atoms in total. The third-order valence-corrected chi connectivity index (χ3v) is 2.58. The second kappa shape index (κ2) is 4.88. The SMILES string of the molecule is [B]CC(=O)NCCc1c[nH]c2ccccc12. The van der Waals surface area contributed by atoms with E-state index in [2.05, 4.69) is 16.4 Å². The zero-order chi connectivity index (χ0) is 11.4. The van der Waals surface area contributed by atoms with Gasteiger partial charge in [-0.2, -0.15) is 0 Å². The highest BCUT2D eigenvalue weighted by Gasteiger charge is 2.02. The van der Waals surface area contributed by atoms with Gasteiger partial charge in [-0.25, -0.2) is 0 Å². The summed E-state index contributed by atoms with van der Waals surface area (Å²) in [5.74, 6) is -0.111. The largest absolute Gasteiger partial charge is 0.361 e. The lowest BCUT2D eigenvalue weighted by Gasteiger charge is -2.02. The van der Waals surface area contributed by atoms with Crippen LogP contribution in [0.25, 0.3) is 10.9 Å². The summed E-state index contributed by atoms with van der Waals surface area (Å²) in [5, 5.41) is 3.97. The maximum absolute atomic E-state index is 11.0. The molecule has 0 saturated carbocycles. The van der Waals surface area contributed by atoms with Crippen LogP contribution in [-0.4, -0.2) is 25.3 Å². The standard InChI is InChI=1S/C12H13BN2O/c13-7-12(16)14-6-5-9-8-15-11-4-2-1-3-10(9)11/h1-4,8,15H,5-7H2,(H,14,16). The number of aromatic amines is 1. The van der Waals surface area contributed by atoms with Crippen molar-refractivity contribution in [2.45, 2.75) is 12.7 Å². The number of aromatic nitrogens is 1. The lowest BCUT2D eigenvalue weighted by molar-refractivity contribution is -0.118. The van der Waals surface area contributed by atoms with Crippen LogP contribution in [0, 0.1) is 0 Å². The molecule has 0 bridgehead atoms. The van der Waals surface area contributed by atoms with Crippen molar-refractivity contribution in [2.24, 2.45) is 0 Å². The number of hydrogen-bond acceptors (Lipinski definition) is 1. The van der Waals surface area contributed by atoms with Crippen molar-refractivity contribution in [2.75, 3.05) is 6.54 Å². The van der Waals surface area contributed by atoms with E-state index in [0.717, 1.165) is 11.9 Å². The van der Waals surface area contributed by atoms with Gasteiger partial charge < -0.3 is 10.3 Å². The number of benzene rings is 1. The smallest absolute Gasteiger partial charge is 0.211 e. The van der Waals surface area contributed by atoms with Crippen LogP contribution in [0.4, 0.5) is 0 Å². The molecular formula is C12H13BN2O. The van der Waals surface area contributed by atoms with Gasteiger partial charge in [-0.05, 0) is 24.4 Å². The molecule has 1 heterocycles. The number of hydrogen-bond donors (Lipinski definition) is 2. The maximum Gasteiger partial charge on any atom is 0.211 e. The van der Waals surface area contributed by atoms with Gasteiger partial charge in [-0.1, -0.05) is 18.2 Å². The average Bonchev–Trinajstić information content (AvgIpc) is 2.73. The molecule has 0 aliphatic carbocycles. The Hall–Kier alpha value is -1.71. The first-order chi connectivity index (χ1) is 7.81. The minimum Gasteiger partial charge on any atom is -0.361 e. The van der Waals surface area contributed by atoms with Crippen LogP contribution in [-0.2, 0) is 11.2 Å². The molecule has 16 heavy (non-hydrogen) atoms. The molecule has 2 N–H and O–H groups in total. The molecule has 0 spiro atoms. The zero-order valence-electron chi connectivity index (χ0n) is 8.99. The summed E-state index contributed by atoms with van der Waals surface area (Å²) in [7, 11) is 5.20. The minimum atomic E-state index is -0.111.